The molecule has 2 aromatic rings. The molecule has 0 aromatic heterocycles. The first kappa shape index (κ1) is 17.2. The van der Waals surface area contributed by atoms with E-state index in [-0.39, 0.29) is 28.8 Å². The van der Waals surface area contributed by atoms with Gasteiger partial charge in [0.1, 0.15) is 5.75 Å². The molecular formula is C16H14F3NO2S. The van der Waals surface area contributed by atoms with Crippen LogP contribution in [0.2, 0.25) is 0 Å². The third kappa shape index (κ3) is 5.21. The highest BCUT2D eigenvalue weighted by molar-refractivity contribution is 8.00. The third-order valence-electron chi connectivity index (χ3n) is 2.94. The number of carbonyl (C=O) groups is 1. The Kier molecular flexibility index (Phi) is 5.54. The lowest BCUT2D eigenvalue weighted by Gasteiger charge is -2.11. The van der Waals surface area contributed by atoms with Gasteiger partial charge in [-0.2, -0.15) is 13.2 Å². The Hall–Kier alpha value is -2.15. The predicted molar refractivity (Wildman–Crippen MR) is 82.5 cm³/mol. The van der Waals surface area contributed by atoms with Crippen LogP contribution >= 0.6 is 11.8 Å². The van der Waals surface area contributed by atoms with Crippen LogP contribution in [-0.4, -0.2) is 18.5 Å². The van der Waals surface area contributed by atoms with Crippen molar-refractivity contribution in [1.29, 1.82) is 0 Å². The van der Waals surface area contributed by atoms with Crippen molar-refractivity contribution in [2.24, 2.45) is 0 Å². The zero-order chi connectivity index (χ0) is 16.9. The van der Waals surface area contributed by atoms with E-state index in [4.69, 9.17) is 4.74 Å². The van der Waals surface area contributed by atoms with E-state index in [0.29, 0.717) is 5.75 Å². The molecule has 0 bridgehead atoms. The molecule has 0 heterocycles. The van der Waals surface area contributed by atoms with Gasteiger partial charge in [-0.1, -0.05) is 24.3 Å². The number of hydrogen-bond acceptors (Lipinski definition) is 3. The molecule has 0 unspecified atom stereocenters. The van der Waals surface area contributed by atoms with Crippen LogP contribution < -0.4 is 10.1 Å². The lowest BCUT2D eigenvalue weighted by molar-refractivity contribution is -0.0328. The molecule has 3 nitrogen and oxygen atoms in total. The molecule has 7 heteroatoms. The quantitative estimate of drug-likeness (QED) is 0.827. The molecule has 0 spiro atoms. The molecular weight excluding hydrogens is 327 g/mol. The van der Waals surface area contributed by atoms with E-state index in [2.05, 4.69) is 5.32 Å². The number of halogens is 3. The topological polar surface area (TPSA) is 38.3 Å². The van der Waals surface area contributed by atoms with Gasteiger partial charge in [-0.05, 0) is 41.6 Å². The Bertz CT molecular complexity index is 689. The van der Waals surface area contributed by atoms with Gasteiger partial charge in [-0.25, -0.2) is 0 Å². The van der Waals surface area contributed by atoms with Gasteiger partial charge in [-0.15, -0.1) is 0 Å². The minimum absolute atomic E-state index is 0.00211. The molecule has 2 aromatic carbocycles. The maximum absolute atomic E-state index is 12.5. The maximum atomic E-state index is 12.5. The van der Waals surface area contributed by atoms with Gasteiger partial charge in [0, 0.05) is 11.4 Å². The molecule has 2 rings (SSSR count). The minimum Gasteiger partial charge on any atom is -0.497 e. The molecule has 122 valence electrons. The van der Waals surface area contributed by atoms with Gasteiger partial charge < -0.3 is 10.1 Å². The number of ether oxygens (including phenoxy) is 1. The Morgan fingerprint density at radius 1 is 1.17 bits per heavy atom. The molecule has 0 radical (unpaired) electrons. The Morgan fingerprint density at radius 2 is 1.91 bits per heavy atom. The number of alkyl halides is 3. The summed E-state index contributed by atoms with van der Waals surface area (Å²) in [5, 5.41) is 2.62. The Labute approximate surface area is 135 Å². The number of carbonyl (C=O) groups excluding carboxylic acids is 1. The van der Waals surface area contributed by atoms with E-state index in [1.807, 2.05) is 0 Å². The second-order valence-electron chi connectivity index (χ2n) is 4.58. The molecule has 0 aliphatic heterocycles. The molecule has 0 aliphatic carbocycles. The van der Waals surface area contributed by atoms with Crippen molar-refractivity contribution in [3.63, 3.8) is 0 Å². The minimum atomic E-state index is -4.44. The first-order valence-electron chi connectivity index (χ1n) is 6.65. The normalized spacial score (nSPS) is 11.1. The van der Waals surface area contributed by atoms with Gasteiger partial charge in [-0.3, -0.25) is 4.79 Å². The second-order valence-corrected chi connectivity index (χ2v) is 5.69. The summed E-state index contributed by atoms with van der Waals surface area (Å²) in [6.07, 6.45) is 0. The molecule has 23 heavy (non-hydrogen) atoms. The SMILES string of the molecule is COc1cccc(CNC(=O)c2ccccc2SC(F)(F)F)c1. The van der Waals surface area contributed by atoms with Crippen molar-refractivity contribution in [1.82, 2.24) is 5.32 Å². The fourth-order valence-electron chi connectivity index (χ4n) is 1.93. The summed E-state index contributed by atoms with van der Waals surface area (Å²) in [4.78, 5) is 12.0. The Morgan fingerprint density at radius 3 is 2.61 bits per heavy atom. The van der Waals surface area contributed by atoms with Crippen molar-refractivity contribution in [2.75, 3.05) is 7.11 Å². The molecule has 1 N–H and O–H groups in total. The van der Waals surface area contributed by atoms with Crippen molar-refractivity contribution in [3.05, 3.63) is 59.7 Å². The average Bonchev–Trinajstić information content (AvgIpc) is 2.52. The van der Waals surface area contributed by atoms with Gasteiger partial charge in [0.2, 0.25) is 0 Å². The van der Waals surface area contributed by atoms with Crippen LogP contribution in [0.1, 0.15) is 15.9 Å². The summed E-state index contributed by atoms with van der Waals surface area (Å²) in [7, 11) is 1.53. The standard InChI is InChI=1S/C16H14F3NO2S/c1-22-12-6-4-5-11(9-12)10-20-15(21)13-7-2-3-8-14(13)23-16(17,18)19/h2-9H,10H2,1H3,(H,20,21). The highest BCUT2D eigenvalue weighted by Crippen LogP contribution is 2.38. The van der Waals surface area contributed by atoms with E-state index >= 15 is 0 Å². The number of rotatable bonds is 5. The van der Waals surface area contributed by atoms with E-state index in [9.17, 15) is 18.0 Å². The van der Waals surface area contributed by atoms with Gasteiger partial charge in [0.25, 0.3) is 5.91 Å². The van der Waals surface area contributed by atoms with Crippen LogP contribution in [0.15, 0.2) is 53.4 Å². The van der Waals surface area contributed by atoms with E-state index in [1.54, 1.807) is 24.3 Å². The summed E-state index contributed by atoms with van der Waals surface area (Å²) in [6.45, 7) is 0.195. The van der Waals surface area contributed by atoms with Crippen molar-refractivity contribution in [2.45, 2.75) is 16.9 Å². The molecule has 0 saturated heterocycles. The second kappa shape index (κ2) is 7.41. The molecule has 0 atom stereocenters. The average molecular weight is 341 g/mol. The first-order valence-corrected chi connectivity index (χ1v) is 7.46. The first-order chi connectivity index (χ1) is 10.9. The lowest BCUT2D eigenvalue weighted by atomic mass is 10.2. The van der Waals surface area contributed by atoms with Gasteiger partial charge >= 0.3 is 5.51 Å². The van der Waals surface area contributed by atoms with Crippen LogP contribution in [0.25, 0.3) is 0 Å². The summed E-state index contributed by atoms with van der Waals surface area (Å²) in [5.74, 6) is 0.0879. The van der Waals surface area contributed by atoms with Crippen molar-refractivity contribution < 1.29 is 22.7 Å². The number of nitrogens with one attached hydrogen (secondary N) is 1. The third-order valence-corrected chi connectivity index (χ3v) is 3.75. The summed E-state index contributed by atoms with van der Waals surface area (Å²) in [5.41, 5.74) is -3.65. The van der Waals surface area contributed by atoms with Crippen LogP contribution in [0.3, 0.4) is 0 Å². The summed E-state index contributed by atoms with van der Waals surface area (Å²) < 4.78 is 42.7. The molecule has 0 fully saturated rings. The van der Waals surface area contributed by atoms with Gasteiger partial charge in [0.15, 0.2) is 0 Å². The zero-order valence-electron chi connectivity index (χ0n) is 12.2. The van der Waals surface area contributed by atoms with Crippen LogP contribution in [0.4, 0.5) is 13.2 Å². The number of benzene rings is 2. The highest BCUT2D eigenvalue weighted by atomic mass is 32.2. The highest BCUT2D eigenvalue weighted by Gasteiger charge is 2.31. The van der Waals surface area contributed by atoms with E-state index in [1.165, 1.54) is 31.4 Å². The summed E-state index contributed by atoms with van der Waals surface area (Å²) >= 11 is -0.297. The number of hydrogen-bond donors (Lipinski definition) is 1. The number of thioether (sulfide) groups is 1. The van der Waals surface area contributed by atoms with Crippen LogP contribution in [0, 0.1) is 0 Å². The van der Waals surface area contributed by atoms with Crippen molar-refractivity contribution >= 4 is 17.7 Å². The maximum Gasteiger partial charge on any atom is 0.446 e. The number of methoxy groups -OCH3 is 1. The fraction of sp³-hybridized carbons (Fsp3) is 0.188. The summed E-state index contributed by atoms with van der Waals surface area (Å²) in [6, 6.07) is 12.7. The predicted octanol–water partition coefficient (Wildman–Crippen LogP) is 4.24. The smallest absolute Gasteiger partial charge is 0.446 e. The van der Waals surface area contributed by atoms with Crippen LogP contribution in [-0.2, 0) is 6.54 Å². The monoisotopic (exact) mass is 341 g/mol. The fourth-order valence-corrected chi connectivity index (χ4v) is 2.59. The van der Waals surface area contributed by atoms with Crippen LogP contribution in [0.5, 0.6) is 5.75 Å². The van der Waals surface area contributed by atoms with E-state index in [0.717, 1.165) is 5.56 Å². The lowest BCUT2D eigenvalue weighted by Crippen LogP contribution is -2.23. The number of amides is 1. The largest absolute Gasteiger partial charge is 0.497 e. The Balaban J connectivity index is 2.09. The molecule has 0 aliphatic rings. The molecule has 0 saturated carbocycles. The van der Waals surface area contributed by atoms with Gasteiger partial charge in [0.05, 0.1) is 12.7 Å². The van der Waals surface area contributed by atoms with E-state index < -0.39 is 11.4 Å². The zero-order valence-corrected chi connectivity index (χ0v) is 13.0. The molecule has 1 amide bonds. The van der Waals surface area contributed by atoms with Crippen molar-refractivity contribution in [3.8, 4) is 5.75 Å².